The Balaban J connectivity index is 1.73. The maximum atomic E-state index is 10.7. The predicted molar refractivity (Wildman–Crippen MR) is 112 cm³/mol. The van der Waals surface area contributed by atoms with Crippen LogP contribution in [-0.2, 0) is 9.63 Å². The number of aromatic amines is 1. The van der Waals surface area contributed by atoms with Crippen molar-refractivity contribution >= 4 is 34.3 Å². The summed E-state index contributed by atoms with van der Waals surface area (Å²) in [7, 11) is 1.54. The summed E-state index contributed by atoms with van der Waals surface area (Å²) in [4.78, 5) is 24.6. The zero-order chi connectivity index (χ0) is 20.2. The van der Waals surface area contributed by atoms with Crippen molar-refractivity contribution in [2.45, 2.75) is 5.16 Å². The summed E-state index contributed by atoms with van der Waals surface area (Å²) in [6.07, 6.45) is 1.77. The van der Waals surface area contributed by atoms with Crippen molar-refractivity contribution in [3.05, 3.63) is 54.7 Å². The molecule has 0 fully saturated rings. The van der Waals surface area contributed by atoms with Crippen LogP contribution in [0.2, 0.25) is 0 Å². The Hall–Kier alpha value is -3.43. The summed E-state index contributed by atoms with van der Waals surface area (Å²) in [5.41, 5.74) is 7.31. The second-order valence-electron chi connectivity index (χ2n) is 6.17. The van der Waals surface area contributed by atoms with Crippen molar-refractivity contribution < 1.29 is 14.7 Å². The molecule has 4 aromatic rings. The lowest BCUT2D eigenvalue weighted by atomic mass is 10.00. The Kier molecular flexibility index (Phi) is 5.41. The first-order valence-electron chi connectivity index (χ1n) is 8.69. The Morgan fingerprint density at radius 3 is 2.86 bits per heavy atom. The van der Waals surface area contributed by atoms with Crippen molar-refractivity contribution in [3.8, 4) is 22.5 Å². The average molecular weight is 407 g/mol. The van der Waals surface area contributed by atoms with E-state index in [1.807, 2.05) is 42.5 Å². The fourth-order valence-electron chi connectivity index (χ4n) is 2.93. The van der Waals surface area contributed by atoms with Gasteiger partial charge in [-0.15, -0.1) is 5.10 Å². The summed E-state index contributed by atoms with van der Waals surface area (Å²) < 4.78 is 0. The first kappa shape index (κ1) is 18.9. The molecule has 0 amide bonds. The second kappa shape index (κ2) is 8.29. The number of rotatable bonds is 7. The fraction of sp³-hybridized carbons (Fsp3) is 0.100. The normalized spacial score (nSPS) is 10.9. The van der Waals surface area contributed by atoms with Gasteiger partial charge in [-0.3, -0.25) is 25.2 Å². The third-order valence-corrected chi connectivity index (χ3v) is 4.98. The van der Waals surface area contributed by atoms with E-state index in [0.717, 1.165) is 45.0 Å². The van der Waals surface area contributed by atoms with Crippen LogP contribution in [0.3, 0.4) is 0 Å². The van der Waals surface area contributed by atoms with E-state index >= 15 is 0 Å². The summed E-state index contributed by atoms with van der Waals surface area (Å²) in [5.74, 6) is -0.471. The molecule has 0 radical (unpaired) electrons. The molecule has 0 aliphatic rings. The number of H-pyrrole nitrogens is 1. The number of carboxylic acids is 1. The average Bonchev–Trinajstić information content (AvgIpc) is 3.21. The minimum atomic E-state index is -0.916. The molecule has 0 unspecified atom stereocenters. The zero-order valence-corrected chi connectivity index (χ0v) is 16.2. The number of hydrogen-bond donors (Lipinski definition) is 3. The highest BCUT2D eigenvalue weighted by molar-refractivity contribution is 7.99. The van der Waals surface area contributed by atoms with Gasteiger partial charge in [-0.1, -0.05) is 23.9 Å². The number of pyridine rings is 1. The number of nitrogens with one attached hydrogen (secondary N) is 2. The Labute approximate surface area is 170 Å². The van der Waals surface area contributed by atoms with E-state index in [1.165, 1.54) is 0 Å². The summed E-state index contributed by atoms with van der Waals surface area (Å²) in [6, 6.07) is 15.8. The van der Waals surface area contributed by atoms with Crippen molar-refractivity contribution in [1.29, 1.82) is 0 Å². The van der Waals surface area contributed by atoms with Crippen LogP contribution >= 0.6 is 11.8 Å². The van der Waals surface area contributed by atoms with Gasteiger partial charge in [0.25, 0.3) is 0 Å². The highest BCUT2D eigenvalue weighted by Gasteiger charge is 2.11. The first-order chi connectivity index (χ1) is 14.1. The van der Waals surface area contributed by atoms with Crippen LogP contribution in [0.15, 0.2) is 59.9 Å². The summed E-state index contributed by atoms with van der Waals surface area (Å²) in [5, 5.41) is 17.2. The van der Waals surface area contributed by atoms with Gasteiger partial charge in [-0.05, 0) is 47.5 Å². The molecule has 0 saturated carbocycles. The van der Waals surface area contributed by atoms with E-state index in [0.29, 0.717) is 11.0 Å². The third-order valence-electron chi connectivity index (χ3n) is 4.15. The molecule has 29 heavy (non-hydrogen) atoms. The topological polar surface area (TPSA) is 113 Å². The van der Waals surface area contributed by atoms with Crippen molar-refractivity contribution in [1.82, 2.24) is 20.2 Å². The quantitative estimate of drug-likeness (QED) is 0.313. The van der Waals surface area contributed by atoms with E-state index in [9.17, 15) is 4.79 Å². The van der Waals surface area contributed by atoms with Gasteiger partial charge in [0, 0.05) is 17.1 Å². The maximum absolute atomic E-state index is 10.7. The molecule has 0 aliphatic heterocycles. The Bertz CT molecular complexity index is 1180. The Morgan fingerprint density at radius 2 is 2.03 bits per heavy atom. The lowest BCUT2D eigenvalue weighted by Crippen LogP contribution is -1.98. The van der Waals surface area contributed by atoms with Crippen LogP contribution in [0, 0.1) is 0 Å². The fourth-order valence-corrected chi connectivity index (χ4v) is 3.45. The van der Waals surface area contributed by atoms with Gasteiger partial charge in [0.1, 0.15) is 0 Å². The highest BCUT2D eigenvalue weighted by atomic mass is 32.2. The van der Waals surface area contributed by atoms with E-state index in [4.69, 9.17) is 9.94 Å². The number of hydrogen-bond acceptors (Lipinski definition) is 7. The van der Waals surface area contributed by atoms with Gasteiger partial charge in [-0.2, -0.15) is 0 Å². The van der Waals surface area contributed by atoms with Crippen LogP contribution in [-0.4, -0.2) is 44.1 Å². The molecular weight excluding hydrogens is 390 g/mol. The van der Waals surface area contributed by atoms with Crippen LogP contribution < -0.4 is 5.48 Å². The molecule has 146 valence electrons. The van der Waals surface area contributed by atoms with Crippen molar-refractivity contribution in [2.75, 3.05) is 18.3 Å². The van der Waals surface area contributed by atoms with Crippen molar-refractivity contribution in [3.63, 3.8) is 0 Å². The minimum absolute atomic E-state index is 0.0983. The molecule has 0 aliphatic carbocycles. The lowest BCUT2D eigenvalue weighted by molar-refractivity contribution is -0.133. The lowest BCUT2D eigenvalue weighted by Gasteiger charge is -2.10. The molecule has 8 nitrogen and oxygen atoms in total. The second-order valence-corrected chi connectivity index (χ2v) is 7.11. The molecule has 0 spiro atoms. The largest absolute Gasteiger partial charge is 0.481 e. The molecule has 3 N–H and O–H groups in total. The van der Waals surface area contributed by atoms with Gasteiger partial charge >= 0.3 is 5.97 Å². The number of carboxylic acid groups (broad SMARTS) is 1. The number of benzene rings is 2. The molecule has 2 aromatic carbocycles. The SMILES string of the molecule is CONc1cc(-c2ccc3ncccc3c2)cc(-c2nc(SCC(=O)O)n[nH]2)c1. The predicted octanol–water partition coefficient (Wildman–Crippen LogP) is 3.84. The van der Waals surface area contributed by atoms with Gasteiger partial charge in [-0.25, -0.2) is 4.98 Å². The molecule has 0 saturated heterocycles. The molecule has 2 heterocycles. The maximum Gasteiger partial charge on any atom is 0.313 e. The van der Waals surface area contributed by atoms with Gasteiger partial charge in [0.2, 0.25) is 5.16 Å². The number of anilines is 1. The highest BCUT2D eigenvalue weighted by Crippen LogP contribution is 2.31. The van der Waals surface area contributed by atoms with E-state index < -0.39 is 5.97 Å². The van der Waals surface area contributed by atoms with E-state index in [-0.39, 0.29) is 5.75 Å². The van der Waals surface area contributed by atoms with Gasteiger partial charge < -0.3 is 5.11 Å². The van der Waals surface area contributed by atoms with Crippen LogP contribution in [0.5, 0.6) is 0 Å². The number of fused-ring (bicyclic) bond motifs is 1. The van der Waals surface area contributed by atoms with E-state index in [1.54, 1.807) is 13.3 Å². The molecular formula is C20H17N5O3S. The smallest absolute Gasteiger partial charge is 0.313 e. The Morgan fingerprint density at radius 1 is 1.17 bits per heavy atom. The molecule has 0 atom stereocenters. The first-order valence-corrected chi connectivity index (χ1v) is 9.67. The molecule has 0 bridgehead atoms. The number of aromatic nitrogens is 4. The van der Waals surface area contributed by atoms with Gasteiger partial charge in [0.15, 0.2) is 5.82 Å². The standard InChI is InChI=1S/C20H17N5O3S/c1-28-25-16-9-14(12-4-5-17-13(7-12)3-2-6-21-17)8-15(10-16)19-22-20(24-23-19)29-11-18(26)27/h2-10,25H,11H2,1H3,(H,26,27)(H,22,23,24). The minimum Gasteiger partial charge on any atom is -0.481 e. The number of aliphatic carboxylic acids is 1. The molecule has 2 aromatic heterocycles. The summed E-state index contributed by atoms with van der Waals surface area (Å²) >= 11 is 1.06. The third kappa shape index (κ3) is 4.36. The number of carbonyl (C=O) groups is 1. The monoisotopic (exact) mass is 407 g/mol. The van der Waals surface area contributed by atoms with E-state index in [2.05, 4.69) is 31.7 Å². The van der Waals surface area contributed by atoms with Crippen LogP contribution in [0.25, 0.3) is 33.4 Å². The summed E-state index contributed by atoms with van der Waals surface area (Å²) in [6.45, 7) is 0. The molecule has 4 rings (SSSR count). The number of nitrogens with zero attached hydrogens (tertiary/aromatic N) is 3. The van der Waals surface area contributed by atoms with Crippen LogP contribution in [0.1, 0.15) is 0 Å². The number of thioether (sulfide) groups is 1. The molecule has 9 heteroatoms. The zero-order valence-electron chi connectivity index (χ0n) is 15.4. The van der Waals surface area contributed by atoms with Crippen molar-refractivity contribution in [2.24, 2.45) is 0 Å². The van der Waals surface area contributed by atoms with Gasteiger partial charge in [0.05, 0.1) is 24.1 Å². The van der Waals surface area contributed by atoms with Crippen LogP contribution in [0.4, 0.5) is 5.69 Å².